The quantitative estimate of drug-likeness (QED) is 0.480. The molecule has 9 nitrogen and oxygen atoms in total. The fraction of sp³-hybridized carbons (Fsp3) is 0.552. The predicted octanol–water partition coefficient (Wildman–Crippen LogP) is 3.53. The summed E-state index contributed by atoms with van der Waals surface area (Å²) >= 11 is 0. The lowest BCUT2D eigenvalue weighted by atomic mass is 9.94. The molecule has 0 unspecified atom stereocenters. The molecule has 2 N–H and O–H groups in total. The van der Waals surface area contributed by atoms with Gasteiger partial charge in [0.25, 0.3) is 5.91 Å². The van der Waals surface area contributed by atoms with Gasteiger partial charge in [-0.25, -0.2) is 22.9 Å². The van der Waals surface area contributed by atoms with Crippen LogP contribution in [0.25, 0.3) is 0 Å². The van der Waals surface area contributed by atoms with Crippen molar-refractivity contribution in [2.45, 2.75) is 49.3 Å². The molecular formula is C29H34FN3O6S. The zero-order chi connectivity index (χ0) is 28.0. The molecule has 2 aliphatic carbocycles. The molecule has 2 saturated heterocycles. The van der Waals surface area contributed by atoms with Crippen molar-refractivity contribution in [1.29, 1.82) is 0 Å². The number of nitrogens with zero attached hydrogens (tertiary/aromatic N) is 2. The van der Waals surface area contributed by atoms with Gasteiger partial charge in [-0.3, -0.25) is 9.59 Å². The van der Waals surface area contributed by atoms with Crippen LogP contribution in [0.1, 0.15) is 70.9 Å². The maximum absolute atomic E-state index is 14.3. The second kappa shape index (κ2) is 10.8. The Hall–Kier alpha value is -2.89. The lowest BCUT2D eigenvalue weighted by molar-refractivity contribution is 0.0490. The predicted molar refractivity (Wildman–Crippen MR) is 143 cm³/mol. The SMILES string of the molecule is NS(=O)(=O)c1ccc(C(=O)C2C[C@H]3CN(C(=O)c4cc(OCC5CCOCC5)nc(C5CC5)c4)C[C@@H]3C2)cc1F. The first-order valence-electron chi connectivity index (χ1n) is 14.0. The molecule has 6 rings (SSSR count). The largest absolute Gasteiger partial charge is 0.477 e. The van der Waals surface area contributed by atoms with Crippen LogP contribution in [-0.2, 0) is 14.8 Å². The number of amides is 1. The molecule has 2 aromatic rings. The molecule has 1 amide bonds. The van der Waals surface area contributed by atoms with Crippen molar-refractivity contribution in [1.82, 2.24) is 9.88 Å². The number of hydrogen-bond acceptors (Lipinski definition) is 7. The number of aromatic nitrogens is 1. The van der Waals surface area contributed by atoms with Gasteiger partial charge in [0, 0.05) is 61.0 Å². The van der Waals surface area contributed by atoms with Gasteiger partial charge < -0.3 is 14.4 Å². The fourth-order valence-electron chi connectivity index (χ4n) is 6.41. The highest BCUT2D eigenvalue weighted by Gasteiger charge is 2.45. The van der Waals surface area contributed by atoms with Crippen LogP contribution in [0.3, 0.4) is 0 Å². The van der Waals surface area contributed by atoms with E-state index in [2.05, 4.69) is 0 Å². The summed E-state index contributed by atoms with van der Waals surface area (Å²) in [6, 6.07) is 6.97. The summed E-state index contributed by atoms with van der Waals surface area (Å²) in [5.74, 6) is 0.107. The number of benzene rings is 1. The van der Waals surface area contributed by atoms with Crippen molar-refractivity contribution in [2.75, 3.05) is 32.9 Å². The van der Waals surface area contributed by atoms with E-state index in [1.807, 2.05) is 11.0 Å². The number of primary sulfonamides is 1. The molecule has 1 aromatic heterocycles. The van der Waals surface area contributed by atoms with Crippen LogP contribution in [0.4, 0.5) is 4.39 Å². The number of fused-ring (bicyclic) bond motifs is 1. The smallest absolute Gasteiger partial charge is 0.254 e. The highest BCUT2D eigenvalue weighted by Crippen LogP contribution is 2.44. The Morgan fingerprint density at radius 3 is 2.35 bits per heavy atom. The van der Waals surface area contributed by atoms with E-state index in [0.717, 1.165) is 56.7 Å². The third-order valence-corrected chi connectivity index (χ3v) is 9.75. The minimum absolute atomic E-state index is 0.0434. The molecule has 1 aromatic carbocycles. The average molecular weight is 572 g/mol. The average Bonchev–Trinajstić information content (AvgIpc) is 3.60. The standard InChI is InChI=1S/C29H34FN3O6S/c30-24-11-19(3-4-26(24)40(31,36)37)28(34)20-9-22-14-33(15-23(22)10-20)29(35)21-12-25(18-1-2-18)32-27(13-21)39-16-17-5-7-38-8-6-17/h3-4,11-13,17-18,20,22-23H,1-2,5-10,14-16H2,(H2,31,36,37)/t22-,23-/m0/s1. The summed E-state index contributed by atoms with van der Waals surface area (Å²) in [6.07, 6.45) is 5.28. The lowest BCUT2D eigenvalue weighted by Gasteiger charge is -2.22. The minimum Gasteiger partial charge on any atom is -0.477 e. The molecule has 2 aliphatic heterocycles. The van der Waals surface area contributed by atoms with Crippen molar-refractivity contribution >= 4 is 21.7 Å². The van der Waals surface area contributed by atoms with E-state index in [1.165, 1.54) is 6.07 Å². The van der Waals surface area contributed by atoms with E-state index in [-0.39, 0.29) is 35.0 Å². The van der Waals surface area contributed by atoms with Gasteiger partial charge in [-0.05, 0) is 80.5 Å². The number of sulfonamides is 1. The van der Waals surface area contributed by atoms with E-state index >= 15 is 0 Å². The van der Waals surface area contributed by atoms with Crippen LogP contribution in [0, 0.1) is 29.5 Å². The summed E-state index contributed by atoms with van der Waals surface area (Å²) in [5, 5.41) is 5.03. The molecule has 40 heavy (non-hydrogen) atoms. The third-order valence-electron chi connectivity index (χ3n) is 8.80. The van der Waals surface area contributed by atoms with Gasteiger partial charge in [0.05, 0.1) is 6.61 Å². The van der Waals surface area contributed by atoms with Crippen LogP contribution < -0.4 is 9.88 Å². The number of carbonyl (C=O) groups excluding carboxylic acids is 2. The third kappa shape index (κ3) is 5.77. The number of nitrogens with two attached hydrogens (primary N) is 1. The Balaban J connectivity index is 1.10. The summed E-state index contributed by atoms with van der Waals surface area (Å²) in [4.78, 5) is 32.6. The molecule has 2 saturated carbocycles. The first-order valence-corrected chi connectivity index (χ1v) is 15.6. The van der Waals surface area contributed by atoms with Gasteiger partial charge in [-0.15, -0.1) is 0 Å². The first kappa shape index (κ1) is 27.3. The Morgan fingerprint density at radius 2 is 1.73 bits per heavy atom. The summed E-state index contributed by atoms with van der Waals surface area (Å²) in [6.45, 7) is 3.18. The number of halogens is 1. The van der Waals surface area contributed by atoms with Gasteiger partial charge >= 0.3 is 0 Å². The van der Waals surface area contributed by atoms with Crippen molar-refractivity contribution in [3.63, 3.8) is 0 Å². The number of ether oxygens (including phenoxy) is 2. The van der Waals surface area contributed by atoms with E-state index in [4.69, 9.17) is 19.6 Å². The lowest BCUT2D eigenvalue weighted by Crippen LogP contribution is -2.30. The minimum atomic E-state index is -4.20. The zero-order valence-corrected chi connectivity index (χ0v) is 23.1. The normalized spacial score (nSPS) is 23.8. The van der Waals surface area contributed by atoms with Gasteiger partial charge in [0.15, 0.2) is 5.78 Å². The Bertz CT molecular complexity index is 1410. The second-order valence-corrected chi connectivity index (χ2v) is 13.2. The Labute approximate surface area is 233 Å². The molecule has 4 aliphatic rings. The molecule has 11 heteroatoms. The van der Waals surface area contributed by atoms with Gasteiger partial charge in [-0.1, -0.05) is 0 Å². The van der Waals surface area contributed by atoms with Crippen LogP contribution in [0.2, 0.25) is 0 Å². The second-order valence-electron chi connectivity index (χ2n) is 11.7. The number of likely N-dealkylation sites (tertiary alicyclic amines) is 1. The molecule has 0 bridgehead atoms. The number of Topliss-reactive ketones (excluding diaryl/α,β-unsaturated/α-hetero) is 1. The number of pyridine rings is 1. The molecular weight excluding hydrogens is 537 g/mol. The van der Waals surface area contributed by atoms with Crippen molar-refractivity contribution in [2.24, 2.45) is 28.8 Å². The van der Waals surface area contributed by atoms with Gasteiger partial charge in [-0.2, -0.15) is 0 Å². The summed E-state index contributed by atoms with van der Waals surface area (Å²) in [5.41, 5.74) is 1.65. The number of hydrogen-bond donors (Lipinski definition) is 1. The van der Waals surface area contributed by atoms with Crippen LogP contribution in [0.5, 0.6) is 5.88 Å². The number of ketones is 1. The highest BCUT2D eigenvalue weighted by atomic mass is 32.2. The van der Waals surface area contributed by atoms with Gasteiger partial charge in [0.1, 0.15) is 10.7 Å². The number of rotatable bonds is 8. The molecule has 214 valence electrons. The van der Waals surface area contributed by atoms with Crippen LogP contribution in [0.15, 0.2) is 35.2 Å². The van der Waals surface area contributed by atoms with E-state index in [1.54, 1.807) is 6.07 Å². The van der Waals surface area contributed by atoms with Crippen molar-refractivity contribution in [3.8, 4) is 5.88 Å². The van der Waals surface area contributed by atoms with E-state index < -0.39 is 20.7 Å². The summed E-state index contributed by atoms with van der Waals surface area (Å²) < 4.78 is 48.8. The maximum atomic E-state index is 14.3. The maximum Gasteiger partial charge on any atom is 0.254 e. The monoisotopic (exact) mass is 571 g/mol. The number of carbonyl (C=O) groups is 2. The van der Waals surface area contributed by atoms with Gasteiger partial charge in [0.2, 0.25) is 15.9 Å². The van der Waals surface area contributed by atoms with E-state index in [9.17, 15) is 22.4 Å². The topological polar surface area (TPSA) is 129 Å². The van der Waals surface area contributed by atoms with Crippen LogP contribution >= 0.6 is 0 Å². The first-order chi connectivity index (χ1) is 19.2. The van der Waals surface area contributed by atoms with Crippen molar-refractivity contribution in [3.05, 3.63) is 53.0 Å². The summed E-state index contributed by atoms with van der Waals surface area (Å²) in [7, 11) is -4.20. The molecule has 3 heterocycles. The van der Waals surface area contributed by atoms with Crippen LogP contribution in [-0.4, -0.2) is 62.9 Å². The fourth-order valence-corrected chi connectivity index (χ4v) is 7.00. The molecule has 2 atom stereocenters. The highest BCUT2D eigenvalue weighted by molar-refractivity contribution is 7.89. The van der Waals surface area contributed by atoms with E-state index in [0.29, 0.717) is 55.8 Å². The molecule has 0 spiro atoms. The zero-order valence-electron chi connectivity index (χ0n) is 22.3. The Morgan fingerprint density at radius 1 is 1.02 bits per heavy atom. The molecule has 4 fully saturated rings. The molecule has 0 radical (unpaired) electrons. The van der Waals surface area contributed by atoms with Crippen molar-refractivity contribution < 1.29 is 31.9 Å². The Kier molecular flexibility index (Phi) is 7.39.